The van der Waals surface area contributed by atoms with Gasteiger partial charge < -0.3 is 24.8 Å². The van der Waals surface area contributed by atoms with E-state index in [1.165, 1.54) is 47.0 Å². The van der Waals surface area contributed by atoms with Gasteiger partial charge in [0, 0.05) is 0 Å². The number of benzene rings is 2. The van der Waals surface area contributed by atoms with Gasteiger partial charge in [0.2, 0.25) is 0 Å². The number of allylic oxidation sites excluding steroid dienone is 4. The summed E-state index contributed by atoms with van der Waals surface area (Å²) < 4.78 is 1.51. The molecule has 0 nitrogen and oxygen atoms in total. The fourth-order valence-electron chi connectivity index (χ4n) is 3.93. The summed E-state index contributed by atoms with van der Waals surface area (Å²) in [6, 6.07) is 16.1. The summed E-state index contributed by atoms with van der Waals surface area (Å²) in [7, 11) is 0. The molecular formula is C32H42Cl2Zr-2. The van der Waals surface area contributed by atoms with Gasteiger partial charge in [-0.1, -0.05) is 96.7 Å². The Morgan fingerprint density at radius 1 is 0.800 bits per heavy atom. The third-order valence-corrected chi connectivity index (χ3v) is 5.98. The number of hydrogen-bond acceptors (Lipinski definition) is 0. The fourth-order valence-corrected chi connectivity index (χ4v) is 3.93. The molecule has 4 rings (SSSR count). The molecule has 0 fully saturated rings. The van der Waals surface area contributed by atoms with Gasteiger partial charge >= 0.3 is 41.3 Å². The molecule has 0 spiro atoms. The minimum atomic E-state index is 0. The summed E-state index contributed by atoms with van der Waals surface area (Å²) in [5, 5.41) is 5.49. The van der Waals surface area contributed by atoms with E-state index in [9.17, 15) is 0 Å². The molecule has 3 aromatic carbocycles. The maximum absolute atomic E-state index is 3.29. The molecule has 3 aromatic rings. The summed E-state index contributed by atoms with van der Waals surface area (Å²) in [4.78, 5) is 0. The minimum absolute atomic E-state index is 0. The van der Waals surface area contributed by atoms with Gasteiger partial charge in [0.05, 0.1) is 0 Å². The quantitative estimate of drug-likeness (QED) is 0.354. The zero-order chi connectivity index (χ0) is 25.1. The molecule has 1 aliphatic carbocycles. The second-order valence-corrected chi connectivity index (χ2v) is 14.1. The number of hydrogen-bond donors (Lipinski definition) is 0. The van der Waals surface area contributed by atoms with Crippen LogP contribution in [0.5, 0.6) is 0 Å². The summed E-state index contributed by atoms with van der Waals surface area (Å²) >= 11 is 1.55. The Labute approximate surface area is 242 Å². The molecule has 1 aliphatic rings. The molecule has 0 aliphatic heterocycles. The Morgan fingerprint density at radius 3 is 1.40 bits per heavy atom. The van der Waals surface area contributed by atoms with Crippen LogP contribution < -0.4 is 24.8 Å². The van der Waals surface area contributed by atoms with Gasteiger partial charge in [0.25, 0.3) is 0 Å². The Morgan fingerprint density at radius 2 is 1.17 bits per heavy atom. The molecule has 1 unspecified atom stereocenters. The summed E-state index contributed by atoms with van der Waals surface area (Å²) in [5.74, 6) is 0.551. The van der Waals surface area contributed by atoms with Crippen molar-refractivity contribution in [2.24, 2.45) is 5.92 Å². The molecule has 190 valence electrons. The van der Waals surface area contributed by atoms with Gasteiger partial charge in [-0.15, -0.1) is 46.7 Å². The Bertz CT molecular complexity index is 1100. The van der Waals surface area contributed by atoms with Gasteiger partial charge in [-0.3, -0.25) is 6.08 Å². The molecule has 0 heterocycles. The predicted octanol–water partition coefficient (Wildman–Crippen LogP) is 3.39. The molecule has 0 radical (unpaired) electrons. The summed E-state index contributed by atoms with van der Waals surface area (Å²) in [6.07, 6.45) is 5.52. The van der Waals surface area contributed by atoms with E-state index >= 15 is 0 Å². The largest absolute Gasteiger partial charge is 1.00 e. The first kappa shape index (κ1) is 34.1. The molecule has 1 atom stereocenters. The van der Waals surface area contributed by atoms with Crippen LogP contribution in [0.2, 0.25) is 0 Å². The molecule has 3 heteroatoms. The van der Waals surface area contributed by atoms with Crippen molar-refractivity contribution in [1.29, 1.82) is 0 Å². The van der Waals surface area contributed by atoms with Crippen molar-refractivity contribution < 1.29 is 49.0 Å². The number of rotatable bonds is 0. The zero-order valence-electron chi connectivity index (χ0n) is 23.5. The predicted molar refractivity (Wildman–Crippen MR) is 146 cm³/mol. The van der Waals surface area contributed by atoms with E-state index < -0.39 is 0 Å². The number of fused-ring (bicyclic) bond motifs is 3. The normalized spacial score (nSPS) is 15.1. The van der Waals surface area contributed by atoms with Crippen LogP contribution in [0, 0.1) is 12.0 Å². The molecular weight excluding hydrogens is 546 g/mol. The smallest absolute Gasteiger partial charge is 1.00 e. The van der Waals surface area contributed by atoms with Gasteiger partial charge in [-0.05, 0) is 10.8 Å². The first-order chi connectivity index (χ1) is 15.1. The molecule has 0 aromatic heterocycles. The maximum Gasteiger partial charge on any atom is -1.00 e. The Balaban J connectivity index is 0.000000692. The third-order valence-electron chi connectivity index (χ3n) is 5.98. The second-order valence-electron chi connectivity index (χ2n) is 11.7. The van der Waals surface area contributed by atoms with Gasteiger partial charge in [-0.2, -0.15) is 6.08 Å². The second kappa shape index (κ2) is 13.6. The molecule has 0 amide bonds. The van der Waals surface area contributed by atoms with E-state index in [1.54, 1.807) is 24.2 Å². The number of halogens is 2. The van der Waals surface area contributed by atoms with E-state index in [1.807, 2.05) is 0 Å². The molecule has 0 saturated carbocycles. The standard InChI is InChI=1S/C21H25.C8H11.C3H6.2ClH.Zr/c1-20(2,3)16-9-7-14-11-15-8-10-17(21(4,5)6)13-19(15)18(14)12-16;1-6-4-7(2)8(3)5-6;1-3-2;;;/h7-13H,1-6H3;4,6H,1-3H3;1-2H3;2*1H;/q2*-1;;;;+2/p-2. The first-order valence-electron chi connectivity index (χ1n) is 12.0. The first-order valence-corrected chi connectivity index (χ1v) is 13.3. The van der Waals surface area contributed by atoms with E-state index in [0.717, 1.165) is 0 Å². The van der Waals surface area contributed by atoms with Crippen molar-refractivity contribution in [2.75, 3.05) is 0 Å². The van der Waals surface area contributed by atoms with Crippen LogP contribution in [-0.4, -0.2) is 3.21 Å². The van der Waals surface area contributed by atoms with Crippen LogP contribution in [0.3, 0.4) is 0 Å². The van der Waals surface area contributed by atoms with Crippen molar-refractivity contribution in [2.45, 2.75) is 87.0 Å². The maximum atomic E-state index is 3.29. The van der Waals surface area contributed by atoms with E-state index in [-0.39, 0.29) is 35.6 Å². The average molecular weight is 589 g/mol. The average Bonchev–Trinajstić information content (AvgIpc) is 3.17. The SMILES string of the molecule is CC(C)(C)c1ccc2[cH-]c3ccc(C(C)(C)C)cc3c2c1.CC1=[C-]C(C)C=C1C.C[C](C)=[Zr+2].[Cl-].[Cl-]. The van der Waals surface area contributed by atoms with Crippen LogP contribution >= 0.6 is 0 Å². The molecule has 35 heavy (non-hydrogen) atoms. The molecule has 0 bridgehead atoms. The third kappa shape index (κ3) is 9.83. The van der Waals surface area contributed by atoms with Crippen molar-refractivity contribution >= 4 is 24.8 Å². The van der Waals surface area contributed by atoms with Crippen LogP contribution in [-0.2, 0) is 35.1 Å². The van der Waals surface area contributed by atoms with Gasteiger partial charge in [0.1, 0.15) is 0 Å². The van der Waals surface area contributed by atoms with E-state index in [4.69, 9.17) is 0 Å². The summed E-state index contributed by atoms with van der Waals surface area (Å²) in [5.41, 5.74) is 5.90. The summed E-state index contributed by atoms with van der Waals surface area (Å²) in [6.45, 7) is 24.3. The fraction of sp³-hybridized carbons (Fsp3) is 0.438. The van der Waals surface area contributed by atoms with Gasteiger partial charge in [-0.25, -0.2) is 11.1 Å². The van der Waals surface area contributed by atoms with Crippen molar-refractivity contribution in [3.05, 3.63) is 76.9 Å². The van der Waals surface area contributed by atoms with Crippen molar-refractivity contribution in [3.8, 4) is 0 Å². The van der Waals surface area contributed by atoms with Gasteiger partial charge in [0.15, 0.2) is 0 Å². The van der Waals surface area contributed by atoms with Crippen LogP contribution in [0.15, 0.2) is 59.7 Å². The Hall–Kier alpha value is -0.877. The Kier molecular flexibility index (Phi) is 13.3. The van der Waals surface area contributed by atoms with Crippen LogP contribution in [0.4, 0.5) is 0 Å². The van der Waals surface area contributed by atoms with E-state index in [2.05, 4.69) is 131 Å². The topological polar surface area (TPSA) is 0 Å². The monoisotopic (exact) mass is 586 g/mol. The van der Waals surface area contributed by atoms with Crippen molar-refractivity contribution in [1.82, 2.24) is 0 Å². The van der Waals surface area contributed by atoms with E-state index in [0.29, 0.717) is 5.92 Å². The van der Waals surface area contributed by atoms with Crippen molar-refractivity contribution in [3.63, 3.8) is 0 Å². The molecule has 0 saturated heterocycles. The zero-order valence-corrected chi connectivity index (χ0v) is 27.4. The minimum Gasteiger partial charge on any atom is -1.00 e. The van der Waals surface area contributed by atoms with Crippen LogP contribution in [0.25, 0.3) is 21.5 Å². The molecule has 0 N–H and O–H groups in total. The van der Waals surface area contributed by atoms with Crippen LogP contribution in [0.1, 0.15) is 87.3 Å².